The molecule has 2 aromatic rings. The molecule has 0 atom stereocenters. The number of hydrogen-bond donors (Lipinski definition) is 1. The van der Waals surface area contributed by atoms with Crippen LogP contribution >= 0.6 is 0 Å². The van der Waals surface area contributed by atoms with Crippen LogP contribution in [0, 0.1) is 16.7 Å². The SMILES string of the molecule is N#Cc1cccc(-c2nc(/C=C/C=C\C=N)no2)c1. The molecule has 1 aromatic heterocycles. The molecule has 1 aromatic carbocycles. The summed E-state index contributed by atoms with van der Waals surface area (Å²) in [6, 6.07) is 9.03. The molecular weight excluding hydrogens is 240 g/mol. The molecule has 5 nitrogen and oxygen atoms in total. The Morgan fingerprint density at radius 2 is 2.16 bits per heavy atom. The summed E-state index contributed by atoms with van der Waals surface area (Å²) in [7, 11) is 0. The van der Waals surface area contributed by atoms with Gasteiger partial charge in [-0.15, -0.1) is 0 Å². The molecule has 0 aliphatic carbocycles. The van der Waals surface area contributed by atoms with Crippen LogP contribution in [-0.2, 0) is 0 Å². The van der Waals surface area contributed by atoms with E-state index in [1.165, 1.54) is 6.21 Å². The predicted octanol–water partition coefficient (Wildman–Crippen LogP) is 2.83. The number of allylic oxidation sites excluding steroid dienone is 3. The monoisotopic (exact) mass is 250 g/mol. The van der Waals surface area contributed by atoms with Gasteiger partial charge in [0.1, 0.15) is 0 Å². The fourth-order valence-electron chi connectivity index (χ4n) is 1.40. The summed E-state index contributed by atoms with van der Waals surface area (Å²) in [6.07, 6.45) is 7.83. The van der Waals surface area contributed by atoms with E-state index < -0.39 is 0 Å². The minimum absolute atomic E-state index is 0.368. The molecule has 0 aliphatic heterocycles. The number of nitriles is 1. The summed E-state index contributed by atoms with van der Waals surface area (Å²) in [5.41, 5.74) is 1.25. The summed E-state index contributed by atoms with van der Waals surface area (Å²) in [4.78, 5) is 4.19. The molecule has 0 saturated carbocycles. The molecule has 0 radical (unpaired) electrons. The lowest BCUT2D eigenvalue weighted by Gasteiger charge is -1.93. The van der Waals surface area contributed by atoms with Gasteiger partial charge in [0, 0.05) is 11.8 Å². The maximum Gasteiger partial charge on any atom is 0.258 e. The minimum Gasteiger partial charge on any atom is -0.334 e. The Balaban J connectivity index is 2.21. The number of nitrogens with one attached hydrogen (secondary N) is 1. The van der Waals surface area contributed by atoms with Crippen LogP contribution in [0.1, 0.15) is 11.4 Å². The zero-order valence-electron chi connectivity index (χ0n) is 9.95. The average Bonchev–Trinajstić information content (AvgIpc) is 2.92. The molecule has 0 aliphatic rings. The van der Waals surface area contributed by atoms with Gasteiger partial charge in [-0.1, -0.05) is 23.4 Å². The Kier molecular flexibility index (Phi) is 3.98. The summed E-state index contributed by atoms with van der Waals surface area (Å²) >= 11 is 0. The van der Waals surface area contributed by atoms with Gasteiger partial charge in [-0.05, 0) is 30.4 Å². The number of aromatic nitrogens is 2. The third-order valence-corrected chi connectivity index (χ3v) is 2.24. The number of nitrogens with zero attached hydrogens (tertiary/aromatic N) is 3. The van der Waals surface area contributed by atoms with Crippen molar-refractivity contribution in [3.8, 4) is 17.5 Å². The average molecular weight is 250 g/mol. The van der Waals surface area contributed by atoms with E-state index >= 15 is 0 Å². The summed E-state index contributed by atoms with van der Waals surface area (Å²) in [5, 5.41) is 19.4. The second-order valence-corrected chi connectivity index (χ2v) is 3.56. The Labute approximate surface area is 110 Å². The highest BCUT2D eigenvalue weighted by Crippen LogP contribution is 2.18. The first-order valence-corrected chi connectivity index (χ1v) is 5.51. The molecule has 1 heterocycles. The van der Waals surface area contributed by atoms with Crippen LogP contribution < -0.4 is 0 Å². The number of benzene rings is 1. The normalized spacial score (nSPS) is 10.9. The summed E-state index contributed by atoms with van der Waals surface area (Å²) in [6.45, 7) is 0. The van der Waals surface area contributed by atoms with Gasteiger partial charge in [0.2, 0.25) is 0 Å². The zero-order valence-corrected chi connectivity index (χ0v) is 9.95. The molecule has 19 heavy (non-hydrogen) atoms. The second kappa shape index (κ2) is 6.07. The molecule has 0 unspecified atom stereocenters. The van der Waals surface area contributed by atoms with Crippen molar-refractivity contribution in [1.29, 1.82) is 10.7 Å². The molecule has 1 N–H and O–H groups in total. The van der Waals surface area contributed by atoms with Crippen molar-refractivity contribution in [2.75, 3.05) is 0 Å². The Bertz CT molecular complexity index is 677. The van der Waals surface area contributed by atoms with Crippen LogP contribution in [0.25, 0.3) is 17.5 Å². The van der Waals surface area contributed by atoms with Crippen molar-refractivity contribution in [3.63, 3.8) is 0 Å². The smallest absolute Gasteiger partial charge is 0.258 e. The fourth-order valence-corrected chi connectivity index (χ4v) is 1.40. The predicted molar refractivity (Wildman–Crippen MR) is 71.4 cm³/mol. The van der Waals surface area contributed by atoms with E-state index in [1.807, 2.05) is 0 Å². The minimum atomic E-state index is 0.368. The number of hydrogen-bond acceptors (Lipinski definition) is 5. The molecule has 92 valence electrons. The Hall–Kier alpha value is -3.00. The lowest BCUT2D eigenvalue weighted by Crippen LogP contribution is -1.80. The van der Waals surface area contributed by atoms with Crippen LogP contribution in [0.2, 0.25) is 0 Å². The van der Waals surface area contributed by atoms with Gasteiger partial charge in [0.15, 0.2) is 5.82 Å². The van der Waals surface area contributed by atoms with E-state index in [9.17, 15) is 0 Å². The first kappa shape index (κ1) is 12.5. The Morgan fingerprint density at radius 1 is 1.26 bits per heavy atom. The van der Waals surface area contributed by atoms with E-state index in [0.29, 0.717) is 22.8 Å². The van der Waals surface area contributed by atoms with Gasteiger partial charge in [-0.3, -0.25) is 0 Å². The van der Waals surface area contributed by atoms with Crippen LogP contribution in [0.15, 0.2) is 47.0 Å². The van der Waals surface area contributed by atoms with Gasteiger partial charge in [-0.25, -0.2) is 0 Å². The summed E-state index contributed by atoms with van der Waals surface area (Å²) < 4.78 is 5.12. The second-order valence-electron chi connectivity index (χ2n) is 3.56. The lowest BCUT2D eigenvalue weighted by atomic mass is 10.1. The summed E-state index contributed by atoms with van der Waals surface area (Å²) in [5.74, 6) is 0.805. The van der Waals surface area contributed by atoms with Gasteiger partial charge in [0.05, 0.1) is 11.6 Å². The molecule has 0 amide bonds. The fraction of sp³-hybridized carbons (Fsp3) is 0. The third-order valence-electron chi connectivity index (χ3n) is 2.24. The largest absolute Gasteiger partial charge is 0.334 e. The van der Waals surface area contributed by atoms with Gasteiger partial charge in [-0.2, -0.15) is 10.2 Å². The van der Waals surface area contributed by atoms with Crippen molar-refractivity contribution < 1.29 is 4.52 Å². The topological polar surface area (TPSA) is 86.6 Å². The highest BCUT2D eigenvalue weighted by atomic mass is 16.5. The first-order valence-electron chi connectivity index (χ1n) is 5.51. The van der Waals surface area contributed by atoms with E-state index in [-0.39, 0.29) is 0 Å². The van der Waals surface area contributed by atoms with Gasteiger partial charge >= 0.3 is 0 Å². The highest BCUT2D eigenvalue weighted by molar-refractivity contribution is 5.68. The quantitative estimate of drug-likeness (QED) is 0.667. The van der Waals surface area contributed by atoms with Crippen molar-refractivity contribution in [3.05, 3.63) is 53.9 Å². The van der Waals surface area contributed by atoms with E-state index in [2.05, 4.69) is 16.2 Å². The van der Waals surface area contributed by atoms with Crippen molar-refractivity contribution >= 4 is 12.3 Å². The first-order chi connectivity index (χ1) is 9.33. The van der Waals surface area contributed by atoms with E-state index in [1.54, 1.807) is 48.6 Å². The van der Waals surface area contributed by atoms with Crippen molar-refractivity contribution in [2.24, 2.45) is 0 Å². The van der Waals surface area contributed by atoms with Crippen LogP contribution in [0.4, 0.5) is 0 Å². The molecule has 5 heteroatoms. The molecule has 2 rings (SSSR count). The highest BCUT2D eigenvalue weighted by Gasteiger charge is 2.07. The van der Waals surface area contributed by atoms with Crippen LogP contribution in [-0.4, -0.2) is 16.4 Å². The Morgan fingerprint density at radius 3 is 2.95 bits per heavy atom. The van der Waals surface area contributed by atoms with Gasteiger partial charge in [0.25, 0.3) is 5.89 Å². The zero-order chi connectivity index (χ0) is 13.5. The molecule has 0 fully saturated rings. The van der Waals surface area contributed by atoms with E-state index in [0.717, 1.165) is 0 Å². The van der Waals surface area contributed by atoms with Crippen LogP contribution in [0.5, 0.6) is 0 Å². The lowest BCUT2D eigenvalue weighted by molar-refractivity contribution is 0.428. The molecule has 0 saturated heterocycles. The van der Waals surface area contributed by atoms with Crippen molar-refractivity contribution in [2.45, 2.75) is 0 Å². The molecular formula is C14H10N4O. The molecule has 0 spiro atoms. The maximum atomic E-state index is 8.83. The molecule has 0 bridgehead atoms. The van der Waals surface area contributed by atoms with E-state index in [4.69, 9.17) is 15.2 Å². The van der Waals surface area contributed by atoms with Gasteiger partial charge < -0.3 is 9.93 Å². The van der Waals surface area contributed by atoms with Crippen LogP contribution in [0.3, 0.4) is 0 Å². The standard InChI is InChI=1S/C14H10N4O/c15-8-3-1-2-7-13-17-14(19-18-13)12-6-4-5-11(9-12)10-16/h1-9,15H/b3-1-,7-2+,15-8?. The maximum absolute atomic E-state index is 8.83. The number of rotatable bonds is 4. The van der Waals surface area contributed by atoms with Crippen molar-refractivity contribution in [1.82, 2.24) is 10.1 Å². The third kappa shape index (κ3) is 3.23.